The van der Waals surface area contributed by atoms with Crippen molar-refractivity contribution in [1.82, 2.24) is 9.21 Å². The van der Waals surface area contributed by atoms with E-state index in [4.69, 9.17) is 11.6 Å². The summed E-state index contributed by atoms with van der Waals surface area (Å²) in [6.07, 6.45) is 0. The van der Waals surface area contributed by atoms with Gasteiger partial charge in [0, 0.05) is 26.2 Å². The van der Waals surface area contributed by atoms with Gasteiger partial charge in [-0.3, -0.25) is 4.90 Å². The van der Waals surface area contributed by atoms with E-state index in [9.17, 15) is 17.2 Å². The van der Waals surface area contributed by atoms with E-state index in [2.05, 4.69) is 4.90 Å². The van der Waals surface area contributed by atoms with Crippen LogP contribution in [0.3, 0.4) is 0 Å². The SMILES string of the molecule is O=S(=O)(c1cccc(Cl)c1F)N1CCN([C@H](c2ccccc2)c2ccc(F)cc2)CC1. The van der Waals surface area contributed by atoms with Crippen LogP contribution in [0.1, 0.15) is 17.2 Å². The van der Waals surface area contributed by atoms with Gasteiger partial charge in [-0.05, 0) is 35.4 Å². The lowest BCUT2D eigenvalue weighted by atomic mass is 9.96. The Morgan fingerprint density at radius 2 is 1.39 bits per heavy atom. The molecule has 1 aliphatic heterocycles. The number of piperazine rings is 1. The highest BCUT2D eigenvalue weighted by Crippen LogP contribution is 2.31. The lowest BCUT2D eigenvalue weighted by molar-refractivity contribution is 0.155. The van der Waals surface area contributed by atoms with Gasteiger partial charge in [0.1, 0.15) is 10.7 Å². The zero-order valence-electron chi connectivity index (χ0n) is 16.6. The van der Waals surface area contributed by atoms with Crippen LogP contribution < -0.4 is 0 Å². The maximum atomic E-state index is 14.4. The van der Waals surface area contributed by atoms with Gasteiger partial charge >= 0.3 is 0 Å². The standard InChI is InChI=1S/C23H21ClF2N2O2S/c24-20-7-4-8-21(22(20)26)31(29,30)28-15-13-27(14-16-28)23(17-5-2-1-3-6-17)18-9-11-19(25)12-10-18/h1-12,23H,13-16H2/t23-/m1/s1. The van der Waals surface area contributed by atoms with Crippen molar-refractivity contribution < 1.29 is 17.2 Å². The average Bonchev–Trinajstić information content (AvgIpc) is 2.78. The maximum absolute atomic E-state index is 14.4. The summed E-state index contributed by atoms with van der Waals surface area (Å²) < 4.78 is 55.1. The van der Waals surface area contributed by atoms with E-state index in [1.54, 1.807) is 12.1 Å². The number of hydrogen-bond acceptors (Lipinski definition) is 3. The molecular formula is C23H21ClF2N2O2S. The van der Waals surface area contributed by atoms with Crippen molar-refractivity contribution in [1.29, 1.82) is 0 Å². The second-order valence-electron chi connectivity index (χ2n) is 7.36. The lowest BCUT2D eigenvalue weighted by Crippen LogP contribution is -2.49. The molecule has 0 aliphatic carbocycles. The zero-order valence-corrected chi connectivity index (χ0v) is 18.2. The average molecular weight is 463 g/mol. The van der Waals surface area contributed by atoms with Crippen LogP contribution in [0.2, 0.25) is 5.02 Å². The molecule has 0 amide bonds. The fourth-order valence-electron chi connectivity index (χ4n) is 3.92. The number of hydrogen-bond donors (Lipinski definition) is 0. The van der Waals surface area contributed by atoms with Crippen molar-refractivity contribution in [2.24, 2.45) is 0 Å². The third-order valence-corrected chi connectivity index (χ3v) is 7.68. The van der Waals surface area contributed by atoms with Crippen LogP contribution in [0.5, 0.6) is 0 Å². The molecular weight excluding hydrogens is 442 g/mol. The third-order valence-electron chi connectivity index (χ3n) is 5.47. The minimum Gasteiger partial charge on any atom is -0.290 e. The largest absolute Gasteiger partial charge is 0.290 e. The van der Waals surface area contributed by atoms with Gasteiger partial charge in [-0.1, -0.05) is 60.1 Å². The first kappa shape index (κ1) is 21.9. The Morgan fingerprint density at radius 1 is 0.774 bits per heavy atom. The molecule has 8 heteroatoms. The molecule has 0 spiro atoms. The van der Waals surface area contributed by atoms with E-state index in [-0.39, 0.29) is 30.0 Å². The third kappa shape index (κ3) is 4.50. The van der Waals surface area contributed by atoms with Crippen molar-refractivity contribution in [3.05, 3.63) is 101 Å². The van der Waals surface area contributed by atoms with E-state index in [1.165, 1.54) is 34.6 Å². The molecule has 162 valence electrons. The van der Waals surface area contributed by atoms with Crippen LogP contribution in [0.4, 0.5) is 8.78 Å². The second-order valence-corrected chi connectivity index (χ2v) is 9.67. The van der Waals surface area contributed by atoms with Crippen molar-refractivity contribution >= 4 is 21.6 Å². The van der Waals surface area contributed by atoms with Gasteiger partial charge in [0.2, 0.25) is 10.0 Å². The van der Waals surface area contributed by atoms with Crippen molar-refractivity contribution in [3.8, 4) is 0 Å². The second kappa shape index (κ2) is 9.04. The molecule has 31 heavy (non-hydrogen) atoms. The monoisotopic (exact) mass is 462 g/mol. The minimum absolute atomic E-state index is 0.144. The number of nitrogens with zero attached hydrogens (tertiary/aromatic N) is 2. The summed E-state index contributed by atoms with van der Waals surface area (Å²) in [6, 6.07) is 20.0. The van der Waals surface area contributed by atoms with Crippen molar-refractivity contribution in [2.45, 2.75) is 10.9 Å². The molecule has 0 aromatic heterocycles. The first-order chi connectivity index (χ1) is 14.9. The fraction of sp³-hybridized carbons (Fsp3) is 0.217. The summed E-state index contributed by atoms with van der Waals surface area (Å²) in [6.45, 7) is 1.30. The fourth-order valence-corrected chi connectivity index (χ4v) is 5.66. The highest BCUT2D eigenvalue weighted by Gasteiger charge is 2.34. The summed E-state index contributed by atoms with van der Waals surface area (Å²) in [5, 5.41) is -0.222. The van der Waals surface area contributed by atoms with E-state index in [0.29, 0.717) is 13.1 Å². The molecule has 3 aromatic rings. The topological polar surface area (TPSA) is 40.6 Å². The molecule has 1 saturated heterocycles. The summed E-state index contributed by atoms with van der Waals surface area (Å²) in [7, 11) is -4.00. The number of benzene rings is 3. The molecule has 0 saturated carbocycles. The van der Waals surface area contributed by atoms with Gasteiger partial charge in [-0.15, -0.1) is 0 Å². The highest BCUT2D eigenvalue weighted by atomic mass is 35.5. The Morgan fingerprint density at radius 3 is 2.03 bits per heavy atom. The quantitative estimate of drug-likeness (QED) is 0.551. The van der Waals surface area contributed by atoms with E-state index in [0.717, 1.165) is 11.1 Å². The van der Waals surface area contributed by atoms with Crippen LogP contribution >= 0.6 is 11.6 Å². The predicted octanol–water partition coefficient (Wildman–Crippen LogP) is 4.71. The predicted molar refractivity (Wildman–Crippen MR) is 116 cm³/mol. The normalized spacial score (nSPS) is 16.9. The van der Waals surface area contributed by atoms with Crippen LogP contribution in [-0.4, -0.2) is 43.8 Å². The molecule has 0 unspecified atom stereocenters. The first-order valence-electron chi connectivity index (χ1n) is 9.86. The highest BCUT2D eigenvalue weighted by molar-refractivity contribution is 7.89. The van der Waals surface area contributed by atoms with Gasteiger partial charge in [0.05, 0.1) is 11.1 Å². The Hall–Kier alpha value is -2.32. The molecule has 4 nitrogen and oxygen atoms in total. The number of rotatable bonds is 5. The Labute approximate surface area is 185 Å². The molecule has 4 rings (SSSR count). The van der Waals surface area contributed by atoms with E-state index < -0.39 is 20.7 Å². The van der Waals surface area contributed by atoms with Crippen molar-refractivity contribution in [2.75, 3.05) is 26.2 Å². The van der Waals surface area contributed by atoms with Crippen LogP contribution in [0, 0.1) is 11.6 Å². The Balaban J connectivity index is 1.58. The molecule has 1 fully saturated rings. The van der Waals surface area contributed by atoms with Gasteiger partial charge in [0.25, 0.3) is 0 Å². The minimum atomic E-state index is -4.00. The van der Waals surface area contributed by atoms with Gasteiger partial charge in [0.15, 0.2) is 5.82 Å². The number of sulfonamides is 1. The molecule has 0 bridgehead atoms. The first-order valence-corrected chi connectivity index (χ1v) is 11.7. The molecule has 1 aliphatic rings. The lowest BCUT2D eigenvalue weighted by Gasteiger charge is -2.39. The summed E-state index contributed by atoms with van der Waals surface area (Å²) in [5.41, 5.74) is 1.95. The molecule has 3 aromatic carbocycles. The van der Waals surface area contributed by atoms with E-state index in [1.807, 2.05) is 30.3 Å². The Kier molecular flexibility index (Phi) is 6.39. The van der Waals surface area contributed by atoms with Gasteiger partial charge in [-0.25, -0.2) is 17.2 Å². The number of halogens is 3. The van der Waals surface area contributed by atoms with Crippen molar-refractivity contribution in [3.63, 3.8) is 0 Å². The summed E-state index contributed by atoms with van der Waals surface area (Å²) in [5.74, 6) is -1.24. The summed E-state index contributed by atoms with van der Waals surface area (Å²) in [4.78, 5) is 1.75. The van der Waals surface area contributed by atoms with Crippen LogP contribution in [0.15, 0.2) is 77.7 Å². The Bertz CT molecular complexity index is 1150. The molecule has 0 N–H and O–H groups in total. The van der Waals surface area contributed by atoms with Crippen LogP contribution in [0.25, 0.3) is 0 Å². The molecule has 0 radical (unpaired) electrons. The molecule has 1 heterocycles. The summed E-state index contributed by atoms with van der Waals surface area (Å²) >= 11 is 5.78. The van der Waals surface area contributed by atoms with Crippen LogP contribution in [-0.2, 0) is 10.0 Å². The van der Waals surface area contributed by atoms with Gasteiger partial charge in [-0.2, -0.15) is 4.31 Å². The maximum Gasteiger partial charge on any atom is 0.246 e. The smallest absolute Gasteiger partial charge is 0.246 e. The molecule has 1 atom stereocenters. The zero-order chi connectivity index (χ0) is 22.0. The van der Waals surface area contributed by atoms with Gasteiger partial charge < -0.3 is 0 Å². The van der Waals surface area contributed by atoms with E-state index >= 15 is 0 Å².